The Morgan fingerprint density at radius 2 is 1.95 bits per heavy atom. The molecule has 0 atom stereocenters. The lowest BCUT2D eigenvalue weighted by atomic mass is 10.2. The molecule has 0 unspecified atom stereocenters. The van der Waals surface area contributed by atoms with Gasteiger partial charge in [-0.15, -0.1) is 0 Å². The first kappa shape index (κ1) is 13.4. The Balaban J connectivity index is 2.23. The molecule has 0 bridgehead atoms. The third-order valence-electron chi connectivity index (χ3n) is 2.61. The number of amides is 1. The fraction of sp³-hybridized carbons (Fsp3) is 0.0714. The van der Waals surface area contributed by atoms with Gasteiger partial charge in [0.15, 0.2) is 5.82 Å². The van der Waals surface area contributed by atoms with Crippen molar-refractivity contribution >= 4 is 28.9 Å². The number of carbonyl (C=O) groups is 1. The van der Waals surface area contributed by atoms with Gasteiger partial charge in [-0.05, 0) is 30.3 Å². The van der Waals surface area contributed by atoms with Crippen LogP contribution in [0.2, 0.25) is 5.02 Å². The zero-order valence-corrected chi connectivity index (χ0v) is 11.0. The Hall–Kier alpha value is -2.07. The molecule has 2 aromatic rings. The first-order valence-electron chi connectivity index (χ1n) is 5.65. The largest absolute Gasteiger partial charge is 0.388 e. The second-order valence-corrected chi connectivity index (χ2v) is 4.29. The maximum atomic E-state index is 13.7. The molecule has 0 fully saturated rings. The number of hydrogen-bond donors (Lipinski definition) is 2. The molecule has 0 heterocycles. The molecule has 1 amide bonds. The summed E-state index contributed by atoms with van der Waals surface area (Å²) in [4.78, 5) is 12.0. The minimum atomic E-state index is -0.637. The van der Waals surface area contributed by atoms with Gasteiger partial charge in [0, 0.05) is 18.3 Å². The van der Waals surface area contributed by atoms with Crippen LogP contribution < -0.4 is 10.6 Å². The minimum Gasteiger partial charge on any atom is -0.388 e. The van der Waals surface area contributed by atoms with Gasteiger partial charge in [0.05, 0.1) is 10.7 Å². The molecule has 3 nitrogen and oxygen atoms in total. The summed E-state index contributed by atoms with van der Waals surface area (Å²) in [6.45, 7) is 0. The third kappa shape index (κ3) is 3.03. The van der Waals surface area contributed by atoms with Crippen molar-refractivity contribution in [1.82, 2.24) is 0 Å². The van der Waals surface area contributed by atoms with Crippen molar-refractivity contribution in [1.29, 1.82) is 0 Å². The molecular formula is C14H12ClFN2O. The summed E-state index contributed by atoms with van der Waals surface area (Å²) < 4.78 is 13.7. The van der Waals surface area contributed by atoms with Crippen molar-refractivity contribution in [2.75, 3.05) is 17.7 Å². The lowest BCUT2D eigenvalue weighted by Gasteiger charge is -2.08. The molecule has 0 spiro atoms. The van der Waals surface area contributed by atoms with Crippen LogP contribution >= 0.6 is 11.6 Å². The smallest absolute Gasteiger partial charge is 0.255 e. The van der Waals surface area contributed by atoms with Gasteiger partial charge in [-0.2, -0.15) is 0 Å². The van der Waals surface area contributed by atoms with Gasteiger partial charge in [-0.25, -0.2) is 4.39 Å². The van der Waals surface area contributed by atoms with Gasteiger partial charge in [0.25, 0.3) is 5.91 Å². The van der Waals surface area contributed by atoms with Crippen LogP contribution in [0.3, 0.4) is 0 Å². The number of anilines is 2. The van der Waals surface area contributed by atoms with E-state index in [-0.39, 0.29) is 10.7 Å². The van der Waals surface area contributed by atoms with Crippen LogP contribution in [0.4, 0.5) is 15.8 Å². The molecule has 0 aliphatic rings. The van der Waals surface area contributed by atoms with Crippen LogP contribution in [-0.4, -0.2) is 13.0 Å². The predicted octanol–water partition coefficient (Wildman–Crippen LogP) is 3.77. The minimum absolute atomic E-state index is 0.0261. The summed E-state index contributed by atoms with van der Waals surface area (Å²) in [5.74, 6) is -1.03. The highest BCUT2D eigenvalue weighted by atomic mass is 35.5. The predicted molar refractivity (Wildman–Crippen MR) is 75.4 cm³/mol. The molecule has 0 saturated carbocycles. The standard InChI is InChI=1S/C14H12ClFN2O/c1-17-10-5-2-4-9(8-10)14(19)18-12-7-3-6-11(15)13(12)16/h2-8,17H,1H3,(H,18,19). The third-order valence-corrected chi connectivity index (χ3v) is 2.91. The number of hydrogen-bond acceptors (Lipinski definition) is 2. The van der Waals surface area contributed by atoms with Crippen LogP contribution in [0.15, 0.2) is 42.5 Å². The van der Waals surface area contributed by atoms with E-state index < -0.39 is 11.7 Å². The number of nitrogens with one attached hydrogen (secondary N) is 2. The first-order valence-corrected chi connectivity index (χ1v) is 6.03. The Morgan fingerprint density at radius 3 is 2.68 bits per heavy atom. The number of carbonyl (C=O) groups excluding carboxylic acids is 1. The van der Waals surface area contributed by atoms with Gasteiger partial charge in [-0.1, -0.05) is 23.7 Å². The quantitative estimate of drug-likeness (QED) is 0.897. The zero-order chi connectivity index (χ0) is 13.8. The molecule has 0 saturated heterocycles. The first-order chi connectivity index (χ1) is 9.11. The van der Waals surface area contributed by atoms with Crippen molar-refractivity contribution in [3.63, 3.8) is 0 Å². The van der Waals surface area contributed by atoms with E-state index in [1.165, 1.54) is 12.1 Å². The maximum absolute atomic E-state index is 13.7. The fourth-order valence-corrected chi connectivity index (χ4v) is 1.79. The van der Waals surface area contributed by atoms with E-state index in [2.05, 4.69) is 10.6 Å². The van der Waals surface area contributed by atoms with Crippen molar-refractivity contribution in [2.24, 2.45) is 0 Å². The summed E-state index contributed by atoms with van der Waals surface area (Å²) in [6.07, 6.45) is 0. The maximum Gasteiger partial charge on any atom is 0.255 e. The monoisotopic (exact) mass is 278 g/mol. The van der Waals surface area contributed by atoms with Crippen LogP contribution in [0.5, 0.6) is 0 Å². The Bertz CT molecular complexity index is 616. The highest BCUT2D eigenvalue weighted by Crippen LogP contribution is 2.22. The van der Waals surface area contributed by atoms with E-state index in [9.17, 15) is 9.18 Å². The Kier molecular flexibility index (Phi) is 4.02. The molecular weight excluding hydrogens is 267 g/mol. The normalized spacial score (nSPS) is 10.1. The van der Waals surface area contributed by atoms with Gasteiger partial charge >= 0.3 is 0 Å². The van der Waals surface area contributed by atoms with E-state index in [0.29, 0.717) is 5.56 Å². The molecule has 0 aromatic heterocycles. The topological polar surface area (TPSA) is 41.1 Å². The van der Waals surface area contributed by atoms with Crippen molar-refractivity contribution in [3.8, 4) is 0 Å². The summed E-state index contributed by atoms with van der Waals surface area (Å²) >= 11 is 5.65. The van der Waals surface area contributed by atoms with E-state index >= 15 is 0 Å². The van der Waals surface area contributed by atoms with E-state index in [1.807, 2.05) is 6.07 Å². The molecule has 19 heavy (non-hydrogen) atoms. The zero-order valence-electron chi connectivity index (χ0n) is 10.2. The SMILES string of the molecule is CNc1cccc(C(=O)Nc2cccc(Cl)c2F)c1. The van der Waals surface area contributed by atoms with Crippen LogP contribution in [0.25, 0.3) is 0 Å². The molecule has 0 aliphatic carbocycles. The Labute approximate surface area is 115 Å². The van der Waals surface area contributed by atoms with Gasteiger partial charge in [-0.3, -0.25) is 4.79 Å². The summed E-state index contributed by atoms with van der Waals surface area (Å²) in [5.41, 5.74) is 1.30. The Morgan fingerprint density at radius 1 is 1.21 bits per heavy atom. The van der Waals surface area contributed by atoms with Crippen molar-refractivity contribution in [3.05, 3.63) is 58.9 Å². The summed E-state index contributed by atoms with van der Waals surface area (Å²) in [5, 5.41) is 5.40. The number of rotatable bonds is 3. The van der Waals surface area contributed by atoms with Gasteiger partial charge < -0.3 is 10.6 Å². The molecule has 0 aliphatic heterocycles. The highest BCUT2D eigenvalue weighted by Gasteiger charge is 2.11. The number of benzene rings is 2. The highest BCUT2D eigenvalue weighted by molar-refractivity contribution is 6.31. The fourth-order valence-electron chi connectivity index (χ4n) is 1.61. The van der Waals surface area contributed by atoms with Crippen LogP contribution in [0, 0.1) is 5.82 Å². The lowest BCUT2D eigenvalue weighted by molar-refractivity contribution is 0.102. The van der Waals surface area contributed by atoms with Gasteiger partial charge in [0.2, 0.25) is 0 Å². The molecule has 98 valence electrons. The molecule has 2 rings (SSSR count). The summed E-state index contributed by atoms with van der Waals surface area (Å²) in [7, 11) is 1.76. The second kappa shape index (κ2) is 5.71. The summed E-state index contributed by atoms with van der Waals surface area (Å²) in [6, 6.07) is 11.4. The molecule has 0 radical (unpaired) electrons. The molecule has 5 heteroatoms. The van der Waals surface area contributed by atoms with Crippen LogP contribution in [-0.2, 0) is 0 Å². The van der Waals surface area contributed by atoms with Crippen molar-refractivity contribution < 1.29 is 9.18 Å². The van der Waals surface area contributed by atoms with Crippen LogP contribution in [0.1, 0.15) is 10.4 Å². The van der Waals surface area contributed by atoms with Gasteiger partial charge in [0.1, 0.15) is 0 Å². The number of halogens is 2. The van der Waals surface area contributed by atoms with E-state index in [1.54, 1.807) is 31.3 Å². The van der Waals surface area contributed by atoms with Crippen molar-refractivity contribution in [2.45, 2.75) is 0 Å². The lowest BCUT2D eigenvalue weighted by Crippen LogP contribution is -2.13. The molecule has 2 N–H and O–H groups in total. The average molecular weight is 279 g/mol. The van der Waals surface area contributed by atoms with E-state index in [0.717, 1.165) is 5.69 Å². The molecule has 2 aromatic carbocycles. The van der Waals surface area contributed by atoms with E-state index in [4.69, 9.17) is 11.6 Å². The second-order valence-electron chi connectivity index (χ2n) is 3.89. The average Bonchev–Trinajstić information content (AvgIpc) is 2.44.